The molecule has 3 aliphatic rings. The number of para-hydroxylation sites is 1. The molecule has 4 amide bonds. The van der Waals surface area contributed by atoms with Gasteiger partial charge in [0.05, 0.1) is 28.6 Å². The van der Waals surface area contributed by atoms with Gasteiger partial charge in [0, 0.05) is 38.2 Å². The normalized spacial score (nSPS) is 20.2. The van der Waals surface area contributed by atoms with Crippen molar-refractivity contribution in [3.05, 3.63) is 59.7 Å². The standard InChI is InChI=1S/C29H29N7O7/c30-26-20(14-18(32-33-26)16-4-1-2-6-21(16)37)34-10-12-35(13-11-34)24(39)15-43-22-7-3-5-17-25(22)29(42)36(28(17)41)19-8-9-23(38)31-27(19)40/h1-7,14,19,27,37,40H,8-13,15H2,(H2,30,33)(H,31,38). The lowest BCUT2D eigenvalue weighted by molar-refractivity contribution is -0.133. The highest BCUT2D eigenvalue weighted by atomic mass is 16.5. The Balaban J connectivity index is 1.09. The van der Waals surface area contributed by atoms with Gasteiger partial charge in [0.15, 0.2) is 12.4 Å². The number of phenolic OH excluding ortho intramolecular Hbond substituents is 1. The van der Waals surface area contributed by atoms with Crippen LogP contribution in [0.25, 0.3) is 11.3 Å². The van der Waals surface area contributed by atoms with Crippen LogP contribution in [0.5, 0.6) is 11.5 Å². The third-order valence-electron chi connectivity index (χ3n) is 7.89. The number of hydrogen-bond acceptors (Lipinski definition) is 11. The number of aliphatic hydroxyl groups excluding tert-OH is 1. The van der Waals surface area contributed by atoms with Crippen molar-refractivity contribution in [1.82, 2.24) is 25.3 Å². The third-order valence-corrected chi connectivity index (χ3v) is 7.89. The summed E-state index contributed by atoms with van der Waals surface area (Å²) in [7, 11) is 0. The predicted octanol–water partition coefficient (Wildman–Crippen LogP) is 0.352. The molecule has 2 atom stereocenters. The van der Waals surface area contributed by atoms with E-state index < -0.39 is 24.1 Å². The van der Waals surface area contributed by atoms with Crippen LogP contribution in [0, 0.1) is 0 Å². The molecular weight excluding hydrogens is 558 g/mol. The van der Waals surface area contributed by atoms with Crippen molar-refractivity contribution in [2.45, 2.75) is 25.1 Å². The number of phenols is 1. The van der Waals surface area contributed by atoms with Crippen LogP contribution in [-0.4, -0.2) is 98.9 Å². The smallest absolute Gasteiger partial charge is 0.265 e. The van der Waals surface area contributed by atoms with Crippen LogP contribution in [0.4, 0.5) is 11.5 Å². The molecule has 0 radical (unpaired) electrons. The predicted molar refractivity (Wildman–Crippen MR) is 152 cm³/mol. The van der Waals surface area contributed by atoms with Crippen LogP contribution in [0.1, 0.15) is 33.6 Å². The van der Waals surface area contributed by atoms with Gasteiger partial charge in [-0.3, -0.25) is 24.1 Å². The minimum atomic E-state index is -1.37. The largest absolute Gasteiger partial charge is 0.507 e. The van der Waals surface area contributed by atoms with Gasteiger partial charge in [0.25, 0.3) is 17.7 Å². The molecule has 2 saturated heterocycles. The monoisotopic (exact) mass is 587 g/mol. The average molecular weight is 588 g/mol. The number of aromatic nitrogens is 2. The fraction of sp³-hybridized carbons (Fsp3) is 0.310. The molecule has 2 aromatic carbocycles. The molecule has 14 nitrogen and oxygen atoms in total. The summed E-state index contributed by atoms with van der Waals surface area (Å²) in [5.41, 5.74) is 7.89. The number of piperazine rings is 1. The number of hydrogen-bond donors (Lipinski definition) is 4. The Kier molecular flexibility index (Phi) is 7.27. The van der Waals surface area contributed by atoms with Crippen LogP contribution in [0.2, 0.25) is 0 Å². The lowest BCUT2D eigenvalue weighted by Crippen LogP contribution is -2.57. The van der Waals surface area contributed by atoms with Crippen LogP contribution in [-0.2, 0) is 9.59 Å². The number of amides is 4. The van der Waals surface area contributed by atoms with Gasteiger partial charge in [-0.15, -0.1) is 10.2 Å². The van der Waals surface area contributed by atoms with E-state index in [1.54, 1.807) is 41.3 Å². The van der Waals surface area contributed by atoms with E-state index in [9.17, 15) is 29.4 Å². The summed E-state index contributed by atoms with van der Waals surface area (Å²) in [5, 5.41) is 31.0. The van der Waals surface area contributed by atoms with Crippen molar-refractivity contribution < 1.29 is 34.1 Å². The number of nitrogen functional groups attached to an aromatic ring is 1. The zero-order valence-corrected chi connectivity index (χ0v) is 23.0. The Labute approximate surface area is 245 Å². The van der Waals surface area contributed by atoms with Crippen LogP contribution in [0.15, 0.2) is 48.5 Å². The molecule has 0 aliphatic carbocycles. The van der Waals surface area contributed by atoms with E-state index in [-0.39, 0.29) is 59.7 Å². The van der Waals surface area contributed by atoms with Crippen LogP contribution >= 0.6 is 0 Å². The molecule has 1 aromatic heterocycles. The number of anilines is 2. The first-order chi connectivity index (χ1) is 20.7. The second-order valence-electron chi connectivity index (χ2n) is 10.5. The molecule has 4 heterocycles. The summed E-state index contributed by atoms with van der Waals surface area (Å²) in [6.07, 6.45) is -1.16. The third kappa shape index (κ3) is 5.16. The molecule has 0 saturated carbocycles. The second-order valence-corrected chi connectivity index (χ2v) is 10.5. The maximum absolute atomic E-state index is 13.3. The summed E-state index contributed by atoms with van der Waals surface area (Å²) >= 11 is 0. The fourth-order valence-corrected chi connectivity index (χ4v) is 5.63. The Hall–Kier alpha value is -5.24. The van der Waals surface area contributed by atoms with Crippen molar-refractivity contribution in [3.63, 3.8) is 0 Å². The number of imide groups is 1. The number of ether oxygens (including phenoxy) is 1. The van der Waals surface area contributed by atoms with Gasteiger partial charge in [-0.1, -0.05) is 18.2 Å². The summed E-state index contributed by atoms with van der Waals surface area (Å²) in [4.78, 5) is 55.6. The second kappa shape index (κ2) is 11.2. The molecule has 43 heavy (non-hydrogen) atoms. The highest BCUT2D eigenvalue weighted by molar-refractivity contribution is 6.23. The average Bonchev–Trinajstić information content (AvgIpc) is 3.26. The first-order valence-electron chi connectivity index (χ1n) is 13.8. The number of nitrogens with zero attached hydrogens (tertiary/aromatic N) is 5. The van der Waals surface area contributed by atoms with E-state index in [0.29, 0.717) is 43.1 Å². The SMILES string of the molecule is Nc1nnc(-c2ccccc2O)cc1N1CCN(C(=O)COc2cccc3c2C(=O)N(C2CCC(=O)NC2O)C3=O)CC1. The van der Waals surface area contributed by atoms with Gasteiger partial charge < -0.3 is 35.8 Å². The van der Waals surface area contributed by atoms with Gasteiger partial charge in [0.1, 0.15) is 17.7 Å². The number of carbonyl (C=O) groups excluding carboxylic acids is 4. The highest BCUT2D eigenvalue weighted by Gasteiger charge is 2.46. The molecule has 14 heteroatoms. The number of piperidine rings is 1. The van der Waals surface area contributed by atoms with Crippen molar-refractivity contribution in [3.8, 4) is 22.8 Å². The quantitative estimate of drug-likeness (QED) is 0.291. The van der Waals surface area contributed by atoms with Gasteiger partial charge in [-0.05, 0) is 36.8 Å². The number of rotatable bonds is 6. The zero-order chi connectivity index (χ0) is 30.2. The summed E-state index contributed by atoms with van der Waals surface area (Å²) in [6, 6.07) is 12.2. The van der Waals surface area contributed by atoms with E-state index in [1.807, 2.05) is 4.90 Å². The number of nitrogens with one attached hydrogen (secondary N) is 1. The molecular formula is C29H29N7O7. The number of nitrogens with two attached hydrogens (primary N) is 1. The summed E-state index contributed by atoms with van der Waals surface area (Å²) in [5.74, 6) is -1.50. The number of fused-ring (bicyclic) bond motifs is 1. The van der Waals surface area contributed by atoms with E-state index in [2.05, 4.69) is 15.5 Å². The molecule has 6 rings (SSSR count). The number of aromatic hydroxyl groups is 1. The first kappa shape index (κ1) is 27.9. The topological polar surface area (TPSA) is 192 Å². The van der Waals surface area contributed by atoms with Crippen molar-refractivity contribution in [1.29, 1.82) is 0 Å². The molecule has 222 valence electrons. The van der Waals surface area contributed by atoms with Gasteiger partial charge in [0.2, 0.25) is 5.91 Å². The highest BCUT2D eigenvalue weighted by Crippen LogP contribution is 2.35. The van der Waals surface area contributed by atoms with Gasteiger partial charge in [-0.25, -0.2) is 0 Å². The first-order valence-corrected chi connectivity index (χ1v) is 13.8. The Morgan fingerprint density at radius 1 is 1.00 bits per heavy atom. The van der Waals surface area contributed by atoms with Crippen LogP contribution < -0.4 is 20.7 Å². The molecule has 0 spiro atoms. The maximum atomic E-state index is 13.3. The fourth-order valence-electron chi connectivity index (χ4n) is 5.63. The van der Waals surface area contributed by atoms with Crippen molar-refractivity contribution in [2.24, 2.45) is 0 Å². The zero-order valence-electron chi connectivity index (χ0n) is 23.0. The van der Waals surface area contributed by atoms with E-state index >= 15 is 0 Å². The number of benzene rings is 2. The Morgan fingerprint density at radius 2 is 1.74 bits per heavy atom. The molecule has 2 unspecified atom stereocenters. The molecule has 3 aliphatic heterocycles. The van der Waals surface area contributed by atoms with Crippen LogP contribution in [0.3, 0.4) is 0 Å². The van der Waals surface area contributed by atoms with Crippen molar-refractivity contribution >= 4 is 35.1 Å². The van der Waals surface area contributed by atoms with Gasteiger partial charge >= 0.3 is 0 Å². The number of carbonyl (C=O) groups is 4. The lowest BCUT2D eigenvalue weighted by atomic mass is 10.0. The molecule has 2 fully saturated rings. The minimum absolute atomic E-state index is 0.0233. The van der Waals surface area contributed by atoms with E-state index in [4.69, 9.17) is 10.5 Å². The lowest BCUT2D eigenvalue weighted by Gasteiger charge is -2.36. The molecule has 5 N–H and O–H groups in total. The maximum Gasteiger partial charge on any atom is 0.265 e. The van der Waals surface area contributed by atoms with E-state index in [0.717, 1.165) is 4.90 Å². The number of aliphatic hydroxyl groups is 1. The molecule has 0 bridgehead atoms. The van der Waals surface area contributed by atoms with Crippen molar-refractivity contribution in [2.75, 3.05) is 43.4 Å². The molecule has 3 aromatic rings. The summed E-state index contributed by atoms with van der Waals surface area (Å²) in [6.45, 7) is 1.32. The Morgan fingerprint density at radius 3 is 2.49 bits per heavy atom. The van der Waals surface area contributed by atoms with E-state index in [1.165, 1.54) is 12.1 Å². The summed E-state index contributed by atoms with van der Waals surface area (Å²) < 4.78 is 5.77. The minimum Gasteiger partial charge on any atom is -0.507 e. The Bertz CT molecular complexity index is 1620. The van der Waals surface area contributed by atoms with Gasteiger partial charge in [-0.2, -0.15) is 0 Å².